The minimum Gasteiger partial charge on any atom is -0.508 e. The molecule has 2 heterocycles. The summed E-state index contributed by atoms with van der Waals surface area (Å²) in [5.74, 6) is -0.997. The monoisotopic (exact) mass is 373 g/mol. The summed E-state index contributed by atoms with van der Waals surface area (Å²) in [7, 11) is -4.23. The Bertz CT molecular complexity index is 916. The molecule has 1 unspecified atom stereocenters. The number of phenolic OH excluding ortho intramolecular Hbond substituents is 1. The van der Waals surface area contributed by atoms with Gasteiger partial charge in [-0.3, -0.25) is 0 Å². The smallest absolute Gasteiger partial charge is 0.416 e. The molecule has 0 radical (unpaired) electrons. The highest BCUT2D eigenvalue weighted by molar-refractivity contribution is 7.89. The van der Waals surface area contributed by atoms with Gasteiger partial charge in [-0.05, 0) is 18.2 Å². The van der Waals surface area contributed by atoms with Gasteiger partial charge in [0.05, 0.1) is 16.2 Å². The molecule has 1 aliphatic rings. The Hall–Kier alpha value is -2.20. The lowest BCUT2D eigenvalue weighted by molar-refractivity contribution is -0.137. The molecule has 6 nitrogen and oxygen atoms in total. The fourth-order valence-electron chi connectivity index (χ4n) is 2.81. The van der Waals surface area contributed by atoms with Crippen LogP contribution in [0.15, 0.2) is 35.6 Å². The van der Waals surface area contributed by atoms with Crippen LogP contribution in [0.1, 0.15) is 29.7 Å². The fraction of sp³-hybridized carbons (Fsp3) is 0.333. The lowest BCUT2D eigenvalue weighted by atomic mass is 9.99. The first-order chi connectivity index (χ1) is 11.6. The van der Waals surface area contributed by atoms with Crippen molar-refractivity contribution in [1.29, 1.82) is 0 Å². The van der Waals surface area contributed by atoms with Crippen LogP contribution in [0, 0.1) is 0 Å². The number of alkyl halides is 3. The third-order valence-electron chi connectivity index (χ3n) is 3.97. The molecule has 0 saturated carbocycles. The summed E-state index contributed by atoms with van der Waals surface area (Å²) in [6.45, 7) is 1.81. The van der Waals surface area contributed by atoms with Gasteiger partial charge >= 0.3 is 6.18 Å². The molecule has 1 N–H and O–H groups in total. The van der Waals surface area contributed by atoms with E-state index in [1.165, 1.54) is 12.5 Å². The Morgan fingerprint density at radius 2 is 2.00 bits per heavy atom. The molecule has 1 aliphatic heterocycles. The van der Waals surface area contributed by atoms with Crippen LogP contribution in [0.25, 0.3) is 0 Å². The van der Waals surface area contributed by atoms with Crippen molar-refractivity contribution >= 4 is 10.0 Å². The van der Waals surface area contributed by atoms with Gasteiger partial charge in [0.2, 0.25) is 10.0 Å². The number of rotatable bonds is 2. The first-order valence-electron chi connectivity index (χ1n) is 7.29. The van der Waals surface area contributed by atoms with Gasteiger partial charge in [-0.15, -0.1) is 0 Å². The van der Waals surface area contributed by atoms with E-state index in [-0.39, 0.29) is 19.0 Å². The van der Waals surface area contributed by atoms with Crippen molar-refractivity contribution in [1.82, 2.24) is 14.3 Å². The highest BCUT2D eigenvalue weighted by Gasteiger charge is 2.36. The van der Waals surface area contributed by atoms with Crippen LogP contribution in [-0.4, -0.2) is 34.3 Å². The Kier molecular flexibility index (Phi) is 4.20. The minimum absolute atomic E-state index is 0.0418. The van der Waals surface area contributed by atoms with E-state index in [1.807, 2.05) is 0 Å². The van der Waals surface area contributed by atoms with Gasteiger partial charge in [0.15, 0.2) is 0 Å². The predicted molar refractivity (Wildman–Crippen MR) is 81.2 cm³/mol. The molecule has 0 saturated heterocycles. The van der Waals surface area contributed by atoms with Crippen molar-refractivity contribution < 1.29 is 26.7 Å². The van der Waals surface area contributed by atoms with Crippen molar-refractivity contribution in [3.8, 4) is 5.75 Å². The van der Waals surface area contributed by atoms with Crippen LogP contribution in [0.3, 0.4) is 0 Å². The molecule has 0 amide bonds. The average molecular weight is 373 g/mol. The van der Waals surface area contributed by atoms with Gasteiger partial charge in [0, 0.05) is 30.8 Å². The number of nitrogens with zero attached hydrogens (tertiary/aromatic N) is 3. The van der Waals surface area contributed by atoms with Crippen LogP contribution < -0.4 is 0 Å². The second kappa shape index (κ2) is 5.95. The second-order valence-electron chi connectivity index (χ2n) is 5.85. The van der Waals surface area contributed by atoms with E-state index in [9.17, 15) is 26.7 Å². The van der Waals surface area contributed by atoms with Gasteiger partial charge in [-0.25, -0.2) is 18.4 Å². The Morgan fingerprint density at radius 1 is 1.28 bits per heavy atom. The molecule has 0 spiro atoms. The summed E-state index contributed by atoms with van der Waals surface area (Å²) >= 11 is 0. The quantitative estimate of drug-likeness (QED) is 0.875. The van der Waals surface area contributed by atoms with Crippen molar-refractivity contribution in [2.45, 2.75) is 30.5 Å². The normalized spacial score (nSPS) is 18.8. The number of aromatic nitrogens is 2. The maximum Gasteiger partial charge on any atom is 0.416 e. The Labute approximate surface area is 142 Å². The second-order valence-corrected chi connectivity index (χ2v) is 7.78. The van der Waals surface area contributed by atoms with Crippen LogP contribution in [0.4, 0.5) is 13.2 Å². The number of aromatic hydroxyl groups is 1. The molecule has 0 fully saturated rings. The van der Waals surface area contributed by atoms with E-state index in [4.69, 9.17) is 0 Å². The van der Waals surface area contributed by atoms with Crippen molar-refractivity contribution in [3.05, 3.63) is 47.5 Å². The van der Waals surface area contributed by atoms with Gasteiger partial charge in [-0.2, -0.15) is 17.5 Å². The van der Waals surface area contributed by atoms with E-state index in [1.54, 1.807) is 6.92 Å². The predicted octanol–water partition coefficient (Wildman–Crippen LogP) is 2.51. The molecule has 2 aromatic rings. The maximum atomic E-state index is 12.9. The zero-order valence-electron chi connectivity index (χ0n) is 13.0. The van der Waals surface area contributed by atoms with Crippen molar-refractivity contribution in [3.63, 3.8) is 0 Å². The van der Waals surface area contributed by atoms with Crippen LogP contribution >= 0.6 is 0 Å². The first kappa shape index (κ1) is 17.6. The van der Waals surface area contributed by atoms with E-state index in [0.717, 1.165) is 10.4 Å². The summed E-state index contributed by atoms with van der Waals surface area (Å²) in [5, 5.41) is 9.53. The Balaban J connectivity index is 2.02. The van der Waals surface area contributed by atoms with Gasteiger partial charge in [0.25, 0.3) is 0 Å². The zero-order chi connectivity index (χ0) is 18.4. The average Bonchev–Trinajstić information content (AvgIpc) is 2.53. The van der Waals surface area contributed by atoms with Crippen molar-refractivity contribution in [2.24, 2.45) is 0 Å². The van der Waals surface area contributed by atoms with Crippen molar-refractivity contribution in [2.75, 3.05) is 6.54 Å². The largest absolute Gasteiger partial charge is 0.508 e. The molecule has 1 aromatic carbocycles. The number of halogens is 3. The summed E-state index contributed by atoms with van der Waals surface area (Å²) in [6, 6.07) is 1.82. The maximum absolute atomic E-state index is 12.9. The first-order valence-corrected chi connectivity index (χ1v) is 8.73. The SMILES string of the molecule is CC1CN(S(=O)(=O)c2cc(O)cc(C(F)(F)F)c2)Cc2cncnc21. The molecular formula is C15H14F3N3O3S. The van der Waals surface area contributed by atoms with Gasteiger partial charge in [-0.1, -0.05) is 6.92 Å². The van der Waals surface area contributed by atoms with Gasteiger partial charge < -0.3 is 5.11 Å². The molecule has 0 aliphatic carbocycles. The summed E-state index contributed by atoms with van der Waals surface area (Å²) in [4.78, 5) is 7.39. The van der Waals surface area contributed by atoms with E-state index < -0.39 is 32.4 Å². The Morgan fingerprint density at radius 3 is 2.68 bits per heavy atom. The molecule has 0 bridgehead atoms. The van der Waals surface area contributed by atoms with E-state index in [2.05, 4.69) is 9.97 Å². The fourth-order valence-corrected chi connectivity index (χ4v) is 4.38. The highest BCUT2D eigenvalue weighted by Crippen LogP contribution is 2.35. The van der Waals surface area contributed by atoms with E-state index in [0.29, 0.717) is 23.4 Å². The molecule has 134 valence electrons. The lowest BCUT2D eigenvalue weighted by Gasteiger charge is -2.31. The standard InChI is InChI=1S/C15H14F3N3O3S/c1-9-6-21(7-10-5-19-8-20-14(9)10)25(23,24)13-3-11(15(16,17)18)2-12(22)4-13/h2-5,8-9,22H,6-7H2,1H3. The molecule has 1 atom stereocenters. The summed E-state index contributed by atoms with van der Waals surface area (Å²) in [5.41, 5.74) is 0.0919. The lowest BCUT2D eigenvalue weighted by Crippen LogP contribution is -2.38. The molecule has 25 heavy (non-hydrogen) atoms. The molecular weight excluding hydrogens is 359 g/mol. The number of phenols is 1. The minimum atomic E-state index is -4.77. The van der Waals surface area contributed by atoms with Crippen LogP contribution in [0.2, 0.25) is 0 Å². The van der Waals surface area contributed by atoms with Crippen LogP contribution in [0.5, 0.6) is 5.75 Å². The number of benzene rings is 1. The third kappa shape index (κ3) is 3.31. The number of hydrogen-bond acceptors (Lipinski definition) is 5. The molecule has 10 heteroatoms. The third-order valence-corrected chi connectivity index (χ3v) is 5.76. The number of sulfonamides is 1. The summed E-state index contributed by atoms with van der Waals surface area (Å²) < 4.78 is 65.3. The zero-order valence-corrected chi connectivity index (χ0v) is 13.8. The van der Waals surface area contributed by atoms with Gasteiger partial charge in [0.1, 0.15) is 12.1 Å². The van der Waals surface area contributed by atoms with Crippen LogP contribution in [-0.2, 0) is 22.7 Å². The number of hydrogen-bond donors (Lipinski definition) is 1. The molecule has 1 aromatic heterocycles. The topological polar surface area (TPSA) is 83.4 Å². The number of fused-ring (bicyclic) bond motifs is 1. The molecule has 3 rings (SSSR count). The summed E-state index contributed by atoms with van der Waals surface area (Å²) in [6.07, 6.45) is -1.91. The highest BCUT2D eigenvalue weighted by atomic mass is 32.2. The van der Waals surface area contributed by atoms with E-state index >= 15 is 0 Å².